The van der Waals surface area contributed by atoms with Crippen LogP contribution in [0.5, 0.6) is 0 Å². The van der Waals surface area contributed by atoms with E-state index in [1.54, 1.807) is 5.56 Å². The van der Waals surface area contributed by atoms with Crippen molar-refractivity contribution in [1.29, 1.82) is 0 Å². The quantitative estimate of drug-likeness (QED) is 0.377. The van der Waals surface area contributed by atoms with Crippen LogP contribution >= 0.6 is 0 Å². The Morgan fingerprint density at radius 2 is 1.32 bits per heavy atom. The van der Waals surface area contributed by atoms with Gasteiger partial charge in [-0.2, -0.15) is 33.9 Å². The summed E-state index contributed by atoms with van der Waals surface area (Å²) < 4.78 is 0. The molecule has 0 bridgehead atoms. The Hall–Kier alpha value is -1.60. The first-order chi connectivity index (χ1) is 11.9. The van der Waals surface area contributed by atoms with Crippen LogP contribution in [0.2, 0.25) is 0 Å². The van der Waals surface area contributed by atoms with Gasteiger partial charge in [0.2, 0.25) is 0 Å². The normalized spacial score (nSPS) is 9.79. The molecule has 0 aliphatic heterocycles. The molecule has 0 saturated carbocycles. The average molecular weight is 458 g/mol. The fraction of sp³-hybridized carbons (Fsp3) is 0.280. The van der Waals surface area contributed by atoms with E-state index in [0.717, 1.165) is 0 Å². The molecule has 4 rings (SSSR count). The molecule has 4 aromatic carbocycles. The maximum absolute atomic E-state index is 2.26. The smallest absolute Gasteiger partial charge is 1.00 e. The van der Waals surface area contributed by atoms with E-state index < -0.39 is 0 Å². The number of benzene rings is 2. The maximum Gasteiger partial charge on any atom is 4.00 e. The second-order valence-corrected chi connectivity index (χ2v) is 7.15. The fourth-order valence-electron chi connectivity index (χ4n) is 3.94. The molecule has 0 aromatic heterocycles. The van der Waals surface area contributed by atoms with E-state index in [4.69, 9.17) is 0 Å². The molecule has 0 N–H and O–H groups in total. The van der Waals surface area contributed by atoms with E-state index >= 15 is 0 Å². The molecular formula is C25H28F2Zr. The van der Waals surface area contributed by atoms with Crippen molar-refractivity contribution in [1.82, 2.24) is 0 Å². The van der Waals surface area contributed by atoms with Crippen LogP contribution in [0.1, 0.15) is 40.3 Å². The standard InChI is InChI=1S/C14H11.C11H17.2FH.Zr/c1-10-8-12-7-6-11-4-2-3-5-13(11)14(12)9-10;1-6-11-9(4)7(2)8(3)10(11)5;;;/h2-9H,1H3;6H2,1-5H3;2*1H;/q2*-1;;;+4/p-2. The monoisotopic (exact) mass is 456 g/mol. The zero-order valence-corrected chi connectivity index (χ0v) is 20.0. The molecule has 4 aromatic rings. The maximum atomic E-state index is 2.26. The summed E-state index contributed by atoms with van der Waals surface area (Å²) in [6, 6.07) is 17.4. The molecule has 0 fully saturated rings. The molecule has 0 saturated heterocycles. The van der Waals surface area contributed by atoms with Gasteiger partial charge in [0.15, 0.2) is 0 Å². The topological polar surface area (TPSA) is 0 Å². The van der Waals surface area contributed by atoms with E-state index in [1.165, 1.54) is 55.8 Å². The number of hydrogen-bond acceptors (Lipinski definition) is 0. The third-order valence-corrected chi connectivity index (χ3v) is 5.71. The minimum atomic E-state index is 0. The van der Waals surface area contributed by atoms with Gasteiger partial charge in [0.05, 0.1) is 0 Å². The van der Waals surface area contributed by atoms with Gasteiger partial charge in [-0.25, -0.2) is 0 Å². The Kier molecular flexibility index (Phi) is 10.2. The minimum Gasteiger partial charge on any atom is -1.00 e. The van der Waals surface area contributed by atoms with E-state index in [-0.39, 0.29) is 35.6 Å². The Labute approximate surface area is 186 Å². The van der Waals surface area contributed by atoms with Crippen LogP contribution in [-0.2, 0) is 32.6 Å². The molecule has 0 atom stereocenters. The molecule has 0 radical (unpaired) electrons. The first-order valence-corrected chi connectivity index (χ1v) is 9.20. The molecular weight excluding hydrogens is 429 g/mol. The van der Waals surface area contributed by atoms with Crippen LogP contribution in [0, 0.1) is 34.6 Å². The summed E-state index contributed by atoms with van der Waals surface area (Å²) in [6.07, 6.45) is 1.17. The Bertz CT molecular complexity index is 1010. The Morgan fingerprint density at radius 3 is 1.86 bits per heavy atom. The molecule has 0 aliphatic rings. The van der Waals surface area contributed by atoms with Crippen molar-refractivity contribution in [3.8, 4) is 0 Å². The number of rotatable bonds is 1. The van der Waals surface area contributed by atoms with E-state index in [0.29, 0.717) is 0 Å². The van der Waals surface area contributed by atoms with Gasteiger partial charge in [0.25, 0.3) is 0 Å². The third kappa shape index (κ3) is 4.87. The van der Waals surface area contributed by atoms with Gasteiger partial charge in [0.1, 0.15) is 0 Å². The average Bonchev–Trinajstić information content (AvgIpc) is 3.09. The largest absolute Gasteiger partial charge is 4.00 e. The van der Waals surface area contributed by atoms with E-state index in [2.05, 4.69) is 90.1 Å². The second-order valence-electron chi connectivity index (χ2n) is 7.15. The Morgan fingerprint density at radius 1 is 0.786 bits per heavy atom. The number of hydrogen-bond donors (Lipinski definition) is 0. The molecule has 0 heterocycles. The van der Waals surface area contributed by atoms with Crippen LogP contribution in [0.15, 0.2) is 48.5 Å². The first-order valence-electron chi connectivity index (χ1n) is 9.20. The predicted octanol–water partition coefficient (Wildman–Crippen LogP) is 1.23. The summed E-state index contributed by atoms with van der Waals surface area (Å²) in [4.78, 5) is 0. The van der Waals surface area contributed by atoms with Crippen molar-refractivity contribution >= 4 is 21.5 Å². The van der Waals surface area contributed by atoms with Crippen molar-refractivity contribution in [2.45, 2.75) is 48.0 Å². The first kappa shape index (κ1) is 26.4. The Balaban J connectivity index is 0.000000483. The molecule has 0 spiro atoms. The van der Waals surface area contributed by atoms with Gasteiger partial charge in [0, 0.05) is 0 Å². The summed E-state index contributed by atoms with van der Waals surface area (Å²) in [6.45, 7) is 13.3. The van der Waals surface area contributed by atoms with Crippen LogP contribution in [0.4, 0.5) is 0 Å². The molecule has 28 heavy (non-hydrogen) atoms. The van der Waals surface area contributed by atoms with Crippen LogP contribution < -0.4 is 9.41 Å². The summed E-state index contributed by atoms with van der Waals surface area (Å²) in [7, 11) is 0. The van der Waals surface area contributed by atoms with Gasteiger partial charge in [-0.3, -0.25) is 0 Å². The second kappa shape index (κ2) is 10.8. The summed E-state index contributed by atoms with van der Waals surface area (Å²) in [5.74, 6) is 0. The predicted molar refractivity (Wildman–Crippen MR) is 112 cm³/mol. The van der Waals surface area contributed by atoms with Crippen LogP contribution in [0.3, 0.4) is 0 Å². The molecule has 3 heteroatoms. The fourth-order valence-corrected chi connectivity index (χ4v) is 3.94. The number of aryl methyl sites for hydroxylation is 1. The molecule has 0 amide bonds. The molecule has 0 nitrogen and oxygen atoms in total. The number of fused-ring (bicyclic) bond motifs is 3. The zero-order chi connectivity index (χ0) is 18.1. The van der Waals surface area contributed by atoms with E-state index in [1.807, 2.05) is 0 Å². The summed E-state index contributed by atoms with van der Waals surface area (Å²) in [5.41, 5.74) is 8.88. The molecule has 146 valence electrons. The summed E-state index contributed by atoms with van der Waals surface area (Å²) in [5, 5.41) is 5.41. The van der Waals surface area contributed by atoms with Crippen molar-refractivity contribution < 1.29 is 35.6 Å². The van der Waals surface area contributed by atoms with Gasteiger partial charge < -0.3 is 9.41 Å². The van der Waals surface area contributed by atoms with Gasteiger partial charge in [-0.05, 0) is 0 Å². The van der Waals surface area contributed by atoms with Crippen molar-refractivity contribution in [2.75, 3.05) is 0 Å². The SMILES string of the molecule is CC[c-]1c(C)c(C)c(C)c1C.Cc1cc2ccc3ccccc3c2[cH-]1.[F-].[F-].[Zr+4]. The third-order valence-electron chi connectivity index (χ3n) is 5.71. The summed E-state index contributed by atoms with van der Waals surface area (Å²) >= 11 is 0. The van der Waals surface area contributed by atoms with Gasteiger partial charge in [-0.15, -0.1) is 28.5 Å². The van der Waals surface area contributed by atoms with Gasteiger partial charge in [-0.1, -0.05) is 89.1 Å². The van der Waals surface area contributed by atoms with Crippen molar-refractivity contribution in [2.24, 2.45) is 0 Å². The van der Waals surface area contributed by atoms with Crippen LogP contribution in [0.25, 0.3) is 21.5 Å². The minimum absolute atomic E-state index is 0. The van der Waals surface area contributed by atoms with Crippen molar-refractivity contribution in [3.05, 3.63) is 81.9 Å². The van der Waals surface area contributed by atoms with Crippen molar-refractivity contribution in [3.63, 3.8) is 0 Å². The molecule has 0 unspecified atom stereocenters. The van der Waals surface area contributed by atoms with E-state index in [9.17, 15) is 0 Å². The van der Waals surface area contributed by atoms with Gasteiger partial charge >= 0.3 is 26.2 Å². The molecule has 0 aliphatic carbocycles. The zero-order valence-electron chi connectivity index (χ0n) is 17.6. The van der Waals surface area contributed by atoms with Crippen LogP contribution in [-0.4, -0.2) is 0 Å². The number of halogens is 2.